The van der Waals surface area contributed by atoms with Crippen LogP contribution in [0.25, 0.3) is 0 Å². The highest BCUT2D eigenvalue weighted by Crippen LogP contribution is 2.16. The Labute approximate surface area is 97.0 Å². The summed E-state index contributed by atoms with van der Waals surface area (Å²) in [7, 11) is 0. The Morgan fingerprint density at radius 2 is 1.75 bits per heavy atom. The number of carboxylic acids is 1. The van der Waals surface area contributed by atoms with Crippen molar-refractivity contribution in [3.63, 3.8) is 0 Å². The van der Waals surface area contributed by atoms with E-state index in [-0.39, 0.29) is 5.57 Å². The van der Waals surface area contributed by atoms with Crippen LogP contribution < -0.4 is 0 Å². The molecule has 0 fully saturated rings. The fourth-order valence-electron chi connectivity index (χ4n) is 1.04. The zero-order chi connectivity index (χ0) is 12.7. The Balaban J connectivity index is 5.40. The van der Waals surface area contributed by atoms with Gasteiger partial charge in [0.2, 0.25) is 0 Å². The van der Waals surface area contributed by atoms with Gasteiger partial charge in [-0.15, -0.1) is 0 Å². The van der Waals surface area contributed by atoms with Crippen LogP contribution in [0.15, 0.2) is 59.8 Å². The Morgan fingerprint density at radius 3 is 2.06 bits per heavy atom. The Morgan fingerprint density at radius 1 is 1.19 bits per heavy atom. The maximum absolute atomic E-state index is 11.0. The second-order valence-electron chi connectivity index (χ2n) is 3.57. The first-order chi connectivity index (χ1) is 7.40. The number of rotatable bonds is 5. The number of carbonyl (C=O) groups is 1. The van der Waals surface area contributed by atoms with Crippen molar-refractivity contribution < 1.29 is 9.90 Å². The minimum Gasteiger partial charge on any atom is -0.478 e. The lowest BCUT2D eigenvalue weighted by molar-refractivity contribution is -0.132. The molecular formula is C14H18O2. The van der Waals surface area contributed by atoms with E-state index in [0.29, 0.717) is 5.57 Å². The van der Waals surface area contributed by atoms with Crippen molar-refractivity contribution in [2.24, 2.45) is 0 Å². The largest absolute Gasteiger partial charge is 0.478 e. The molecule has 0 bridgehead atoms. The van der Waals surface area contributed by atoms with Crippen molar-refractivity contribution >= 4 is 5.97 Å². The molecule has 2 nitrogen and oxygen atoms in total. The van der Waals surface area contributed by atoms with Gasteiger partial charge in [-0.2, -0.15) is 0 Å². The first-order valence-corrected chi connectivity index (χ1v) is 4.99. The summed E-state index contributed by atoms with van der Waals surface area (Å²) < 4.78 is 0. The number of carboxylic acid groups (broad SMARTS) is 1. The molecule has 0 unspecified atom stereocenters. The van der Waals surface area contributed by atoms with Gasteiger partial charge in [-0.3, -0.25) is 0 Å². The van der Waals surface area contributed by atoms with Crippen molar-refractivity contribution in [2.45, 2.75) is 20.8 Å². The maximum atomic E-state index is 11.0. The molecule has 1 N–H and O–H groups in total. The fraction of sp³-hybridized carbons (Fsp3) is 0.214. The summed E-state index contributed by atoms with van der Waals surface area (Å²) >= 11 is 0. The molecule has 86 valence electrons. The van der Waals surface area contributed by atoms with Gasteiger partial charge in [0.25, 0.3) is 0 Å². The predicted octanol–water partition coefficient (Wildman–Crippen LogP) is 3.65. The van der Waals surface area contributed by atoms with E-state index in [0.717, 1.165) is 11.1 Å². The van der Waals surface area contributed by atoms with E-state index in [9.17, 15) is 4.79 Å². The molecule has 0 aromatic rings. The average molecular weight is 218 g/mol. The zero-order valence-corrected chi connectivity index (χ0v) is 10.1. The molecule has 16 heavy (non-hydrogen) atoms. The first kappa shape index (κ1) is 14.2. The standard InChI is InChI=1S/C14H18O2/c1-6-7-8-12(10(2)3)9-13(11(4)5)14(15)16/h6-9H,2,4H2,1,3,5H3,(H,15,16)/b7-6-,12-8-,13-9+. The molecule has 0 radical (unpaired) electrons. The molecule has 0 rings (SSSR count). The maximum Gasteiger partial charge on any atom is 0.335 e. The second kappa shape index (κ2) is 6.62. The van der Waals surface area contributed by atoms with Gasteiger partial charge < -0.3 is 5.11 Å². The molecule has 0 aliphatic heterocycles. The van der Waals surface area contributed by atoms with E-state index in [1.54, 1.807) is 13.0 Å². The van der Waals surface area contributed by atoms with Gasteiger partial charge >= 0.3 is 5.97 Å². The first-order valence-electron chi connectivity index (χ1n) is 4.99. The molecular weight excluding hydrogens is 200 g/mol. The summed E-state index contributed by atoms with van der Waals surface area (Å²) in [6, 6.07) is 0. The second-order valence-corrected chi connectivity index (χ2v) is 3.57. The van der Waals surface area contributed by atoms with Gasteiger partial charge in [0.05, 0.1) is 5.57 Å². The minimum absolute atomic E-state index is 0.207. The lowest BCUT2D eigenvalue weighted by Crippen LogP contribution is -2.02. The summed E-state index contributed by atoms with van der Waals surface area (Å²) in [6.07, 6.45) is 7.14. The molecule has 0 aliphatic carbocycles. The summed E-state index contributed by atoms with van der Waals surface area (Å²) in [5, 5.41) is 9.00. The third-order valence-electron chi connectivity index (χ3n) is 1.95. The van der Waals surface area contributed by atoms with Crippen molar-refractivity contribution in [2.75, 3.05) is 0 Å². The SMILES string of the molecule is C=C(C)C(=C\C=C/C)/C=C(\C(=C)C)C(=O)O. The van der Waals surface area contributed by atoms with Crippen LogP contribution in [0, 0.1) is 0 Å². The molecule has 0 heterocycles. The van der Waals surface area contributed by atoms with Crippen LogP contribution in [0.5, 0.6) is 0 Å². The molecule has 0 aliphatic rings. The third-order valence-corrected chi connectivity index (χ3v) is 1.95. The number of aliphatic carboxylic acids is 1. The van der Waals surface area contributed by atoms with Gasteiger partial charge in [0.1, 0.15) is 0 Å². The zero-order valence-electron chi connectivity index (χ0n) is 10.1. The van der Waals surface area contributed by atoms with Crippen molar-refractivity contribution in [3.05, 3.63) is 59.8 Å². The summed E-state index contributed by atoms with van der Waals surface area (Å²) in [6.45, 7) is 12.9. The summed E-state index contributed by atoms with van der Waals surface area (Å²) in [4.78, 5) is 11.0. The molecule has 0 saturated heterocycles. The number of hydrogen-bond acceptors (Lipinski definition) is 1. The molecule has 0 aromatic carbocycles. The summed E-state index contributed by atoms with van der Waals surface area (Å²) in [5.41, 5.74) is 2.34. The van der Waals surface area contributed by atoms with E-state index in [2.05, 4.69) is 13.2 Å². The van der Waals surface area contributed by atoms with E-state index >= 15 is 0 Å². The number of allylic oxidation sites excluding steroid dienone is 6. The van der Waals surface area contributed by atoms with Gasteiger partial charge in [0.15, 0.2) is 0 Å². The van der Waals surface area contributed by atoms with E-state index in [4.69, 9.17) is 5.11 Å². The normalized spacial score (nSPS) is 12.9. The minimum atomic E-state index is -0.972. The highest BCUT2D eigenvalue weighted by atomic mass is 16.4. The van der Waals surface area contributed by atoms with Crippen LogP contribution in [-0.4, -0.2) is 11.1 Å². The average Bonchev–Trinajstić information content (AvgIpc) is 2.16. The number of hydrogen-bond donors (Lipinski definition) is 1. The van der Waals surface area contributed by atoms with Crippen LogP contribution in [0.4, 0.5) is 0 Å². The molecule has 0 spiro atoms. The molecule has 0 saturated carbocycles. The van der Waals surface area contributed by atoms with E-state index in [1.165, 1.54) is 0 Å². The van der Waals surface area contributed by atoms with Crippen molar-refractivity contribution in [1.29, 1.82) is 0 Å². The predicted molar refractivity (Wildman–Crippen MR) is 68.2 cm³/mol. The van der Waals surface area contributed by atoms with Crippen LogP contribution in [0.1, 0.15) is 20.8 Å². The third kappa shape index (κ3) is 4.60. The van der Waals surface area contributed by atoms with Gasteiger partial charge in [-0.05, 0) is 38.0 Å². The van der Waals surface area contributed by atoms with Crippen LogP contribution in [-0.2, 0) is 4.79 Å². The summed E-state index contributed by atoms with van der Waals surface area (Å²) in [5.74, 6) is -0.972. The van der Waals surface area contributed by atoms with Gasteiger partial charge in [0, 0.05) is 0 Å². The van der Waals surface area contributed by atoms with Crippen LogP contribution >= 0.6 is 0 Å². The Bertz CT molecular complexity index is 377. The van der Waals surface area contributed by atoms with Gasteiger partial charge in [-0.1, -0.05) is 37.0 Å². The monoisotopic (exact) mass is 218 g/mol. The van der Waals surface area contributed by atoms with Crippen LogP contribution in [0.2, 0.25) is 0 Å². The van der Waals surface area contributed by atoms with Crippen LogP contribution in [0.3, 0.4) is 0 Å². The molecule has 2 heteroatoms. The topological polar surface area (TPSA) is 37.3 Å². The van der Waals surface area contributed by atoms with Crippen molar-refractivity contribution in [1.82, 2.24) is 0 Å². The van der Waals surface area contributed by atoms with E-state index in [1.807, 2.05) is 32.1 Å². The molecule has 0 aromatic heterocycles. The Kier molecular flexibility index (Phi) is 5.86. The highest BCUT2D eigenvalue weighted by molar-refractivity contribution is 5.92. The molecule has 0 atom stereocenters. The highest BCUT2D eigenvalue weighted by Gasteiger charge is 2.08. The fourth-order valence-corrected chi connectivity index (χ4v) is 1.04. The van der Waals surface area contributed by atoms with Gasteiger partial charge in [-0.25, -0.2) is 4.79 Å². The lowest BCUT2D eigenvalue weighted by atomic mass is 10.0. The smallest absolute Gasteiger partial charge is 0.335 e. The Hall–Kier alpha value is -1.83. The molecule has 0 amide bonds. The van der Waals surface area contributed by atoms with E-state index < -0.39 is 5.97 Å². The van der Waals surface area contributed by atoms with Crippen molar-refractivity contribution in [3.8, 4) is 0 Å². The quantitative estimate of drug-likeness (QED) is 0.565. The lowest BCUT2D eigenvalue weighted by Gasteiger charge is -2.04.